The summed E-state index contributed by atoms with van der Waals surface area (Å²) >= 11 is 0. The molecule has 150 valence electrons. The van der Waals surface area contributed by atoms with E-state index in [4.69, 9.17) is 4.74 Å². The van der Waals surface area contributed by atoms with Crippen molar-refractivity contribution in [1.29, 1.82) is 0 Å². The number of aryl methyl sites for hydroxylation is 2. The van der Waals surface area contributed by atoms with E-state index in [0.29, 0.717) is 29.4 Å². The maximum Gasteiger partial charge on any atom is 0.254 e. The van der Waals surface area contributed by atoms with Gasteiger partial charge in [-0.3, -0.25) is 9.59 Å². The molecule has 0 radical (unpaired) electrons. The molecule has 1 aliphatic heterocycles. The maximum absolute atomic E-state index is 12.3. The Bertz CT molecular complexity index is 855. The average Bonchev–Trinajstić information content (AvgIpc) is 3.17. The minimum Gasteiger partial charge on any atom is -0.494 e. The third-order valence-electron chi connectivity index (χ3n) is 4.90. The number of nitrogens with zero attached hydrogens (tertiary/aromatic N) is 2. The number of anilines is 1. The minimum absolute atomic E-state index is 0.0107. The van der Waals surface area contributed by atoms with Gasteiger partial charge in [-0.15, -0.1) is 0 Å². The first-order valence-corrected chi connectivity index (χ1v) is 9.83. The second kappa shape index (κ2) is 9.50. The Morgan fingerprint density at radius 2 is 1.93 bits per heavy atom. The monoisotopic (exact) mass is 384 g/mol. The smallest absolute Gasteiger partial charge is 0.254 e. The number of benzene rings is 1. The molecular formula is C21H28N4O3. The van der Waals surface area contributed by atoms with Crippen molar-refractivity contribution >= 4 is 11.6 Å². The number of ether oxygens (including phenoxy) is 1. The van der Waals surface area contributed by atoms with Crippen LogP contribution in [0.4, 0.5) is 5.69 Å². The minimum atomic E-state index is -0.266. The van der Waals surface area contributed by atoms with E-state index in [9.17, 15) is 9.59 Å². The summed E-state index contributed by atoms with van der Waals surface area (Å²) in [6, 6.07) is 7.30. The quantitative estimate of drug-likeness (QED) is 0.683. The predicted molar refractivity (Wildman–Crippen MR) is 109 cm³/mol. The van der Waals surface area contributed by atoms with E-state index in [1.165, 1.54) is 25.9 Å². The highest BCUT2D eigenvalue weighted by Gasteiger charge is 2.12. The highest BCUT2D eigenvalue weighted by molar-refractivity contribution is 5.92. The molecule has 1 fully saturated rings. The summed E-state index contributed by atoms with van der Waals surface area (Å²) in [4.78, 5) is 33.6. The summed E-state index contributed by atoms with van der Waals surface area (Å²) in [6.07, 6.45) is 3.62. The Hall–Kier alpha value is -2.67. The SMILES string of the molecule is Cc1nc(C)c(CC(=O)Nc2ccc(OCCCN3CCCC3)cc2)c(=O)[nH]1. The van der Waals surface area contributed by atoms with Crippen molar-refractivity contribution in [3.05, 3.63) is 51.7 Å². The molecule has 3 rings (SSSR count). The summed E-state index contributed by atoms with van der Waals surface area (Å²) in [5.41, 5.74) is 1.37. The number of hydrogen-bond acceptors (Lipinski definition) is 5. The number of carbonyl (C=O) groups is 1. The molecule has 2 aromatic rings. The van der Waals surface area contributed by atoms with E-state index in [1.807, 2.05) is 12.1 Å². The molecule has 1 aromatic carbocycles. The van der Waals surface area contributed by atoms with Gasteiger partial charge >= 0.3 is 0 Å². The van der Waals surface area contributed by atoms with Gasteiger partial charge in [-0.1, -0.05) is 0 Å². The average molecular weight is 384 g/mol. The summed E-state index contributed by atoms with van der Waals surface area (Å²) in [5.74, 6) is 1.08. The standard InChI is InChI=1S/C21H28N4O3/c1-15-19(21(27)23-16(2)22-15)14-20(26)24-17-6-8-18(9-7-17)28-13-5-12-25-10-3-4-11-25/h6-9H,3-5,10-14H2,1-2H3,(H,24,26)(H,22,23,27). The zero-order valence-electron chi connectivity index (χ0n) is 16.6. The van der Waals surface area contributed by atoms with E-state index < -0.39 is 0 Å². The van der Waals surface area contributed by atoms with E-state index in [-0.39, 0.29) is 17.9 Å². The molecule has 0 saturated carbocycles. The Morgan fingerprint density at radius 3 is 2.61 bits per heavy atom. The molecule has 1 aliphatic rings. The van der Waals surface area contributed by atoms with Crippen LogP contribution >= 0.6 is 0 Å². The molecular weight excluding hydrogens is 356 g/mol. The summed E-state index contributed by atoms with van der Waals surface area (Å²) in [7, 11) is 0. The lowest BCUT2D eigenvalue weighted by Gasteiger charge is -2.14. The van der Waals surface area contributed by atoms with Gasteiger partial charge in [-0.25, -0.2) is 4.98 Å². The van der Waals surface area contributed by atoms with Gasteiger partial charge < -0.3 is 19.9 Å². The molecule has 1 saturated heterocycles. The van der Waals surface area contributed by atoms with Crippen LogP contribution in [0.2, 0.25) is 0 Å². The molecule has 0 aliphatic carbocycles. The van der Waals surface area contributed by atoms with E-state index >= 15 is 0 Å². The second-order valence-corrected chi connectivity index (χ2v) is 7.22. The van der Waals surface area contributed by atoms with E-state index in [0.717, 1.165) is 18.7 Å². The first-order chi connectivity index (χ1) is 13.5. The van der Waals surface area contributed by atoms with Gasteiger partial charge in [0.2, 0.25) is 5.91 Å². The molecule has 7 heteroatoms. The lowest BCUT2D eigenvalue weighted by molar-refractivity contribution is -0.115. The van der Waals surface area contributed by atoms with Gasteiger partial charge in [0.1, 0.15) is 11.6 Å². The zero-order chi connectivity index (χ0) is 19.9. The number of aromatic amines is 1. The van der Waals surface area contributed by atoms with Crippen molar-refractivity contribution < 1.29 is 9.53 Å². The molecule has 2 N–H and O–H groups in total. The van der Waals surface area contributed by atoms with Crippen LogP contribution in [0.25, 0.3) is 0 Å². The fraction of sp³-hybridized carbons (Fsp3) is 0.476. The number of carbonyl (C=O) groups excluding carboxylic acids is 1. The van der Waals surface area contributed by atoms with Gasteiger partial charge in [-0.05, 0) is 70.5 Å². The highest BCUT2D eigenvalue weighted by atomic mass is 16.5. The number of hydrogen-bond donors (Lipinski definition) is 2. The molecule has 28 heavy (non-hydrogen) atoms. The molecule has 0 atom stereocenters. The van der Waals surface area contributed by atoms with Gasteiger partial charge in [0, 0.05) is 23.5 Å². The fourth-order valence-electron chi connectivity index (χ4n) is 3.44. The summed E-state index contributed by atoms with van der Waals surface area (Å²) < 4.78 is 5.77. The molecule has 1 aromatic heterocycles. The van der Waals surface area contributed by atoms with Crippen LogP contribution in [0, 0.1) is 13.8 Å². The van der Waals surface area contributed by atoms with Gasteiger partial charge in [0.15, 0.2) is 0 Å². The van der Waals surface area contributed by atoms with Crippen molar-refractivity contribution in [3.8, 4) is 5.75 Å². The van der Waals surface area contributed by atoms with Crippen LogP contribution in [0.5, 0.6) is 5.75 Å². The lowest BCUT2D eigenvalue weighted by Crippen LogP contribution is -2.24. The van der Waals surface area contributed by atoms with Crippen LogP contribution in [0.3, 0.4) is 0 Å². The van der Waals surface area contributed by atoms with Crippen molar-refractivity contribution in [2.24, 2.45) is 0 Å². The van der Waals surface area contributed by atoms with Gasteiger partial charge in [0.25, 0.3) is 5.56 Å². The number of amides is 1. The number of rotatable bonds is 8. The largest absolute Gasteiger partial charge is 0.494 e. The van der Waals surface area contributed by atoms with Gasteiger partial charge in [0.05, 0.1) is 13.0 Å². The number of H-pyrrole nitrogens is 1. The highest BCUT2D eigenvalue weighted by Crippen LogP contribution is 2.16. The molecule has 2 heterocycles. The Morgan fingerprint density at radius 1 is 1.21 bits per heavy atom. The predicted octanol–water partition coefficient (Wildman–Crippen LogP) is 2.43. The lowest BCUT2D eigenvalue weighted by atomic mass is 10.1. The number of nitrogens with one attached hydrogen (secondary N) is 2. The first kappa shape index (κ1) is 20.1. The van der Waals surface area contributed by atoms with E-state index in [1.54, 1.807) is 26.0 Å². The van der Waals surface area contributed by atoms with Crippen LogP contribution in [-0.2, 0) is 11.2 Å². The molecule has 1 amide bonds. The van der Waals surface area contributed by atoms with Crippen molar-refractivity contribution in [2.75, 3.05) is 31.6 Å². The Labute approximate surface area is 165 Å². The second-order valence-electron chi connectivity index (χ2n) is 7.22. The summed E-state index contributed by atoms with van der Waals surface area (Å²) in [5, 5.41) is 2.81. The molecule has 0 spiro atoms. The van der Waals surface area contributed by atoms with Crippen LogP contribution < -0.4 is 15.6 Å². The van der Waals surface area contributed by atoms with Crippen molar-refractivity contribution in [1.82, 2.24) is 14.9 Å². The van der Waals surface area contributed by atoms with Crippen LogP contribution in [0.15, 0.2) is 29.1 Å². The number of aromatic nitrogens is 2. The van der Waals surface area contributed by atoms with Gasteiger partial charge in [-0.2, -0.15) is 0 Å². The number of likely N-dealkylation sites (tertiary alicyclic amines) is 1. The molecule has 0 bridgehead atoms. The Balaban J connectivity index is 1.45. The van der Waals surface area contributed by atoms with E-state index in [2.05, 4.69) is 20.2 Å². The zero-order valence-corrected chi connectivity index (χ0v) is 16.6. The molecule has 7 nitrogen and oxygen atoms in total. The fourth-order valence-corrected chi connectivity index (χ4v) is 3.44. The van der Waals surface area contributed by atoms with Crippen LogP contribution in [0.1, 0.15) is 36.3 Å². The van der Waals surface area contributed by atoms with Crippen molar-refractivity contribution in [2.45, 2.75) is 39.5 Å². The molecule has 0 unspecified atom stereocenters. The van der Waals surface area contributed by atoms with Crippen LogP contribution in [-0.4, -0.2) is 47.0 Å². The Kier molecular flexibility index (Phi) is 6.81. The third kappa shape index (κ3) is 5.66. The first-order valence-electron chi connectivity index (χ1n) is 9.83. The summed E-state index contributed by atoms with van der Waals surface area (Å²) in [6.45, 7) is 7.64. The topological polar surface area (TPSA) is 87.3 Å². The van der Waals surface area contributed by atoms with Crippen molar-refractivity contribution in [3.63, 3.8) is 0 Å². The maximum atomic E-state index is 12.3. The third-order valence-corrected chi connectivity index (χ3v) is 4.90. The normalized spacial score (nSPS) is 14.2.